The standard InChI is InChI=1S/C14H17NOS/c1-14(2)8-11(7-12(16)9-14)15-10-3-5-13(17)6-4-10/h3-7,15,17H,8-9H2,1-2H3. The lowest BCUT2D eigenvalue weighted by Gasteiger charge is -2.29. The van der Waals surface area contributed by atoms with Crippen molar-refractivity contribution in [2.45, 2.75) is 31.6 Å². The van der Waals surface area contributed by atoms with Gasteiger partial charge < -0.3 is 5.32 Å². The van der Waals surface area contributed by atoms with Gasteiger partial charge in [0, 0.05) is 28.8 Å². The molecule has 0 radical (unpaired) electrons. The first-order chi connectivity index (χ1) is 7.94. The Morgan fingerprint density at radius 3 is 2.41 bits per heavy atom. The molecule has 1 N–H and O–H groups in total. The summed E-state index contributed by atoms with van der Waals surface area (Å²) in [4.78, 5) is 12.5. The van der Waals surface area contributed by atoms with Gasteiger partial charge in [-0.25, -0.2) is 0 Å². The number of rotatable bonds is 2. The minimum absolute atomic E-state index is 0.0532. The Morgan fingerprint density at radius 1 is 1.18 bits per heavy atom. The van der Waals surface area contributed by atoms with Crippen LogP contribution >= 0.6 is 12.6 Å². The summed E-state index contributed by atoms with van der Waals surface area (Å²) >= 11 is 4.24. The number of benzene rings is 1. The highest BCUT2D eigenvalue weighted by atomic mass is 32.1. The van der Waals surface area contributed by atoms with E-state index in [-0.39, 0.29) is 11.2 Å². The smallest absolute Gasteiger partial charge is 0.157 e. The van der Waals surface area contributed by atoms with Crippen LogP contribution in [0.15, 0.2) is 40.9 Å². The van der Waals surface area contributed by atoms with Crippen LogP contribution in [0.4, 0.5) is 5.69 Å². The van der Waals surface area contributed by atoms with Crippen molar-refractivity contribution in [3.8, 4) is 0 Å². The van der Waals surface area contributed by atoms with Gasteiger partial charge in [-0.3, -0.25) is 4.79 Å². The van der Waals surface area contributed by atoms with E-state index in [1.807, 2.05) is 24.3 Å². The Kier molecular flexibility index (Phi) is 3.29. The minimum Gasteiger partial charge on any atom is -0.359 e. The number of anilines is 1. The predicted octanol–water partition coefficient (Wildman–Crippen LogP) is 3.66. The zero-order valence-corrected chi connectivity index (χ0v) is 11.1. The Bertz CT molecular complexity index is 460. The molecule has 0 spiro atoms. The second-order valence-corrected chi connectivity index (χ2v) is 5.84. The van der Waals surface area contributed by atoms with E-state index in [1.54, 1.807) is 6.08 Å². The topological polar surface area (TPSA) is 29.1 Å². The van der Waals surface area contributed by atoms with E-state index in [4.69, 9.17) is 0 Å². The third-order valence-corrected chi connectivity index (χ3v) is 3.13. The molecule has 0 amide bonds. The van der Waals surface area contributed by atoms with Crippen molar-refractivity contribution in [1.82, 2.24) is 0 Å². The predicted molar refractivity (Wildman–Crippen MR) is 73.4 cm³/mol. The molecule has 1 aromatic rings. The van der Waals surface area contributed by atoms with Crippen molar-refractivity contribution < 1.29 is 4.79 Å². The lowest BCUT2D eigenvalue weighted by molar-refractivity contribution is -0.117. The summed E-state index contributed by atoms with van der Waals surface area (Å²) in [6, 6.07) is 7.80. The van der Waals surface area contributed by atoms with E-state index in [0.29, 0.717) is 6.42 Å². The summed E-state index contributed by atoms with van der Waals surface area (Å²) in [7, 11) is 0. The Balaban J connectivity index is 2.13. The first kappa shape index (κ1) is 12.2. The minimum atomic E-state index is 0.0532. The molecule has 0 aliphatic heterocycles. The van der Waals surface area contributed by atoms with Gasteiger partial charge in [0.2, 0.25) is 0 Å². The molecule has 0 saturated carbocycles. The fourth-order valence-corrected chi connectivity index (χ4v) is 2.31. The Labute approximate surface area is 108 Å². The second kappa shape index (κ2) is 4.57. The molecule has 0 aromatic heterocycles. The van der Waals surface area contributed by atoms with Crippen LogP contribution in [0.3, 0.4) is 0 Å². The number of hydrogen-bond donors (Lipinski definition) is 2. The number of carbonyl (C=O) groups is 1. The van der Waals surface area contributed by atoms with E-state index >= 15 is 0 Å². The maximum Gasteiger partial charge on any atom is 0.157 e. The van der Waals surface area contributed by atoms with Crippen LogP contribution in [0.2, 0.25) is 0 Å². The van der Waals surface area contributed by atoms with Crippen molar-refractivity contribution >= 4 is 24.1 Å². The van der Waals surface area contributed by atoms with Gasteiger partial charge >= 0.3 is 0 Å². The number of thiol groups is 1. The fraction of sp³-hybridized carbons (Fsp3) is 0.357. The van der Waals surface area contributed by atoms with E-state index in [0.717, 1.165) is 22.7 Å². The van der Waals surface area contributed by atoms with Crippen LogP contribution < -0.4 is 5.32 Å². The first-order valence-corrected chi connectivity index (χ1v) is 6.19. The highest BCUT2D eigenvalue weighted by molar-refractivity contribution is 7.80. The largest absolute Gasteiger partial charge is 0.359 e. The number of ketones is 1. The third kappa shape index (κ3) is 3.37. The average Bonchev–Trinajstić information content (AvgIpc) is 2.18. The maximum absolute atomic E-state index is 11.6. The molecular weight excluding hydrogens is 230 g/mol. The summed E-state index contributed by atoms with van der Waals surface area (Å²) in [5.74, 6) is 0.203. The van der Waals surface area contributed by atoms with Crippen molar-refractivity contribution in [3.05, 3.63) is 36.0 Å². The molecule has 90 valence electrons. The van der Waals surface area contributed by atoms with Crippen molar-refractivity contribution in [2.75, 3.05) is 5.32 Å². The van der Waals surface area contributed by atoms with Gasteiger partial charge in [-0.15, -0.1) is 12.6 Å². The molecule has 0 heterocycles. The highest BCUT2D eigenvalue weighted by Gasteiger charge is 2.27. The summed E-state index contributed by atoms with van der Waals surface area (Å²) in [5.41, 5.74) is 2.05. The first-order valence-electron chi connectivity index (χ1n) is 5.74. The van der Waals surface area contributed by atoms with Crippen LogP contribution in [0.1, 0.15) is 26.7 Å². The SMILES string of the molecule is CC1(C)CC(=O)C=C(Nc2ccc(S)cc2)C1. The lowest BCUT2D eigenvalue weighted by atomic mass is 9.79. The van der Waals surface area contributed by atoms with Crippen LogP contribution in [-0.4, -0.2) is 5.78 Å². The van der Waals surface area contributed by atoms with Crippen LogP contribution in [0.25, 0.3) is 0 Å². The molecule has 17 heavy (non-hydrogen) atoms. The van der Waals surface area contributed by atoms with E-state index in [2.05, 4.69) is 31.8 Å². The number of nitrogens with one attached hydrogen (secondary N) is 1. The van der Waals surface area contributed by atoms with Gasteiger partial charge in [-0.1, -0.05) is 13.8 Å². The van der Waals surface area contributed by atoms with Crippen LogP contribution in [0.5, 0.6) is 0 Å². The molecule has 1 aliphatic rings. The summed E-state index contributed by atoms with van der Waals surface area (Å²) in [6.07, 6.45) is 3.26. The van der Waals surface area contributed by atoms with Gasteiger partial charge in [-0.05, 0) is 36.1 Å². The Morgan fingerprint density at radius 2 is 1.82 bits per heavy atom. The molecule has 3 heteroatoms. The summed E-state index contributed by atoms with van der Waals surface area (Å²) in [6.45, 7) is 4.24. The number of carbonyl (C=O) groups excluding carboxylic acids is 1. The van der Waals surface area contributed by atoms with Gasteiger partial charge in [0.1, 0.15) is 0 Å². The maximum atomic E-state index is 11.6. The molecule has 0 unspecified atom stereocenters. The number of hydrogen-bond acceptors (Lipinski definition) is 3. The molecule has 2 rings (SSSR count). The molecule has 0 bridgehead atoms. The van der Waals surface area contributed by atoms with E-state index in [9.17, 15) is 4.79 Å². The molecule has 0 atom stereocenters. The van der Waals surface area contributed by atoms with Gasteiger partial charge in [0.15, 0.2) is 5.78 Å². The average molecular weight is 247 g/mol. The molecule has 0 fully saturated rings. The van der Waals surface area contributed by atoms with Crippen molar-refractivity contribution in [1.29, 1.82) is 0 Å². The van der Waals surface area contributed by atoms with Gasteiger partial charge in [-0.2, -0.15) is 0 Å². The quantitative estimate of drug-likeness (QED) is 0.781. The van der Waals surface area contributed by atoms with Crippen LogP contribution in [-0.2, 0) is 4.79 Å². The molecule has 2 nitrogen and oxygen atoms in total. The van der Waals surface area contributed by atoms with Gasteiger partial charge in [0.05, 0.1) is 0 Å². The Hall–Kier alpha value is -1.22. The fourth-order valence-electron chi connectivity index (χ4n) is 2.16. The zero-order chi connectivity index (χ0) is 12.5. The molecule has 0 saturated heterocycles. The molecular formula is C14H17NOS. The second-order valence-electron chi connectivity index (χ2n) is 5.33. The third-order valence-electron chi connectivity index (χ3n) is 2.83. The van der Waals surface area contributed by atoms with Gasteiger partial charge in [0.25, 0.3) is 0 Å². The highest BCUT2D eigenvalue weighted by Crippen LogP contribution is 2.33. The molecule has 1 aliphatic carbocycles. The van der Waals surface area contributed by atoms with Crippen molar-refractivity contribution in [3.63, 3.8) is 0 Å². The summed E-state index contributed by atoms with van der Waals surface area (Å²) < 4.78 is 0. The van der Waals surface area contributed by atoms with E-state index < -0.39 is 0 Å². The molecule has 1 aromatic carbocycles. The monoisotopic (exact) mass is 247 g/mol. The number of allylic oxidation sites excluding steroid dienone is 2. The van der Waals surface area contributed by atoms with Crippen molar-refractivity contribution in [2.24, 2.45) is 5.41 Å². The summed E-state index contributed by atoms with van der Waals surface area (Å²) in [5, 5.41) is 3.30. The van der Waals surface area contributed by atoms with E-state index in [1.165, 1.54) is 0 Å². The van der Waals surface area contributed by atoms with Crippen LogP contribution in [0, 0.1) is 5.41 Å². The zero-order valence-electron chi connectivity index (χ0n) is 10.2. The lowest BCUT2D eigenvalue weighted by Crippen LogP contribution is -2.24. The normalized spacial score (nSPS) is 18.8.